The van der Waals surface area contributed by atoms with E-state index in [1.165, 1.54) is 11.1 Å². The SMILES string of the molecule is Cc1cnn(CC2CN(Cc3c(C)noc3C)CCO2)c1. The zero-order valence-corrected chi connectivity index (χ0v) is 12.9. The highest BCUT2D eigenvalue weighted by molar-refractivity contribution is 5.20. The van der Waals surface area contributed by atoms with Gasteiger partial charge in [0.1, 0.15) is 5.76 Å². The van der Waals surface area contributed by atoms with Gasteiger partial charge >= 0.3 is 0 Å². The Hall–Kier alpha value is -1.66. The molecule has 0 aliphatic carbocycles. The van der Waals surface area contributed by atoms with Crippen molar-refractivity contribution >= 4 is 0 Å². The fourth-order valence-corrected chi connectivity index (χ4v) is 2.76. The first-order chi connectivity index (χ1) is 10.1. The zero-order chi connectivity index (χ0) is 14.8. The number of nitrogens with zero attached hydrogens (tertiary/aromatic N) is 4. The summed E-state index contributed by atoms with van der Waals surface area (Å²) in [5.41, 5.74) is 3.36. The van der Waals surface area contributed by atoms with Crippen molar-refractivity contribution < 1.29 is 9.26 Å². The molecule has 2 aromatic heterocycles. The Morgan fingerprint density at radius 3 is 2.86 bits per heavy atom. The lowest BCUT2D eigenvalue weighted by atomic mass is 10.1. The van der Waals surface area contributed by atoms with Gasteiger partial charge in [0.25, 0.3) is 0 Å². The van der Waals surface area contributed by atoms with E-state index in [0.717, 1.165) is 44.2 Å². The van der Waals surface area contributed by atoms with Crippen LogP contribution in [0, 0.1) is 20.8 Å². The minimum absolute atomic E-state index is 0.179. The highest BCUT2D eigenvalue weighted by Crippen LogP contribution is 2.17. The Balaban J connectivity index is 1.60. The standard InChI is InChI=1S/C15H22N4O2/c1-11-6-16-19(7-11)9-14-8-18(4-5-20-14)10-15-12(2)17-21-13(15)3/h6-7,14H,4-5,8-10H2,1-3H3. The highest BCUT2D eigenvalue weighted by atomic mass is 16.5. The van der Waals surface area contributed by atoms with Gasteiger partial charge in [0.05, 0.1) is 31.1 Å². The monoisotopic (exact) mass is 290 g/mol. The maximum Gasteiger partial charge on any atom is 0.138 e. The molecule has 0 bridgehead atoms. The average molecular weight is 290 g/mol. The van der Waals surface area contributed by atoms with Crippen LogP contribution in [0.25, 0.3) is 0 Å². The summed E-state index contributed by atoms with van der Waals surface area (Å²) >= 11 is 0. The maximum atomic E-state index is 5.86. The van der Waals surface area contributed by atoms with Crippen LogP contribution in [-0.4, -0.2) is 45.6 Å². The van der Waals surface area contributed by atoms with E-state index in [9.17, 15) is 0 Å². The van der Waals surface area contributed by atoms with Crippen molar-refractivity contribution in [1.82, 2.24) is 19.8 Å². The number of rotatable bonds is 4. The second-order valence-electron chi connectivity index (χ2n) is 5.77. The van der Waals surface area contributed by atoms with Crippen LogP contribution < -0.4 is 0 Å². The summed E-state index contributed by atoms with van der Waals surface area (Å²) in [6.07, 6.45) is 4.11. The summed E-state index contributed by atoms with van der Waals surface area (Å²) in [5, 5.41) is 8.36. The molecule has 21 heavy (non-hydrogen) atoms. The first-order valence-corrected chi connectivity index (χ1v) is 7.36. The van der Waals surface area contributed by atoms with Crippen LogP contribution >= 0.6 is 0 Å². The van der Waals surface area contributed by atoms with Crippen LogP contribution in [-0.2, 0) is 17.8 Å². The van der Waals surface area contributed by atoms with Crippen LogP contribution in [0.3, 0.4) is 0 Å². The van der Waals surface area contributed by atoms with Crippen molar-refractivity contribution in [3.05, 3.63) is 35.0 Å². The van der Waals surface area contributed by atoms with Crippen molar-refractivity contribution in [1.29, 1.82) is 0 Å². The van der Waals surface area contributed by atoms with Crippen molar-refractivity contribution in [3.8, 4) is 0 Å². The van der Waals surface area contributed by atoms with Crippen molar-refractivity contribution in [2.75, 3.05) is 19.7 Å². The van der Waals surface area contributed by atoms with E-state index >= 15 is 0 Å². The third-order valence-electron chi connectivity index (χ3n) is 3.94. The molecule has 3 rings (SSSR count). The van der Waals surface area contributed by atoms with Gasteiger partial charge in [-0.2, -0.15) is 5.10 Å². The molecule has 0 spiro atoms. The van der Waals surface area contributed by atoms with Gasteiger partial charge in [-0.1, -0.05) is 5.16 Å². The van der Waals surface area contributed by atoms with E-state index in [0.29, 0.717) is 0 Å². The molecule has 0 aromatic carbocycles. The predicted molar refractivity (Wildman–Crippen MR) is 78.0 cm³/mol. The maximum absolute atomic E-state index is 5.86. The molecule has 1 aliphatic heterocycles. The number of ether oxygens (including phenoxy) is 1. The van der Waals surface area contributed by atoms with Crippen molar-refractivity contribution in [3.63, 3.8) is 0 Å². The Bertz CT molecular complexity index is 585. The van der Waals surface area contributed by atoms with Gasteiger partial charge in [0.15, 0.2) is 0 Å². The molecule has 2 aromatic rings. The quantitative estimate of drug-likeness (QED) is 0.858. The minimum Gasteiger partial charge on any atom is -0.374 e. The fourth-order valence-electron chi connectivity index (χ4n) is 2.76. The van der Waals surface area contributed by atoms with E-state index < -0.39 is 0 Å². The zero-order valence-electron chi connectivity index (χ0n) is 12.9. The first kappa shape index (κ1) is 14.3. The van der Waals surface area contributed by atoms with Gasteiger partial charge in [0.2, 0.25) is 0 Å². The summed E-state index contributed by atoms with van der Waals surface area (Å²) in [5.74, 6) is 0.915. The lowest BCUT2D eigenvalue weighted by molar-refractivity contribution is -0.0403. The summed E-state index contributed by atoms with van der Waals surface area (Å²) in [6, 6.07) is 0. The Kier molecular flexibility index (Phi) is 4.07. The normalized spacial score (nSPS) is 20.0. The largest absolute Gasteiger partial charge is 0.374 e. The number of morpholine rings is 1. The van der Waals surface area contributed by atoms with E-state index in [1.807, 2.05) is 24.7 Å². The fraction of sp³-hybridized carbons (Fsp3) is 0.600. The Labute approximate surface area is 124 Å². The number of hydrogen-bond acceptors (Lipinski definition) is 5. The summed E-state index contributed by atoms with van der Waals surface area (Å²) in [4.78, 5) is 2.40. The smallest absolute Gasteiger partial charge is 0.138 e. The number of hydrogen-bond donors (Lipinski definition) is 0. The van der Waals surface area contributed by atoms with Gasteiger partial charge in [0, 0.05) is 31.4 Å². The van der Waals surface area contributed by atoms with Crippen LogP contribution in [0.15, 0.2) is 16.9 Å². The minimum atomic E-state index is 0.179. The van der Waals surface area contributed by atoms with Gasteiger partial charge in [-0.25, -0.2) is 0 Å². The molecule has 3 heterocycles. The molecular formula is C15H22N4O2. The Morgan fingerprint density at radius 1 is 1.33 bits per heavy atom. The van der Waals surface area contributed by atoms with Crippen LogP contribution in [0.2, 0.25) is 0 Å². The molecule has 0 N–H and O–H groups in total. The molecule has 114 valence electrons. The van der Waals surface area contributed by atoms with Gasteiger partial charge in [-0.3, -0.25) is 9.58 Å². The van der Waals surface area contributed by atoms with Gasteiger partial charge in [-0.15, -0.1) is 0 Å². The van der Waals surface area contributed by atoms with Crippen molar-refractivity contribution in [2.24, 2.45) is 0 Å². The summed E-state index contributed by atoms with van der Waals surface area (Å²) in [7, 11) is 0. The second kappa shape index (κ2) is 5.99. The second-order valence-corrected chi connectivity index (χ2v) is 5.77. The average Bonchev–Trinajstić information content (AvgIpc) is 3.00. The molecule has 6 nitrogen and oxygen atoms in total. The van der Waals surface area contributed by atoms with E-state index in [-0.39, 0.29) is 6.10 Å². The molecule has 1 saturated heterocycles. The molecule has 1 unspecified atom stereocenters. The van der Waals surface area contributed by atoms with Crippen LogP contribution in [0.5, 0.6) is 0 Å². The van der Waals surface area contributed by atoms with E-state index in [2.05, 4.69) is 28.3 Å². The first-order valence-electron chi connectivity index (χ1n) is 7.36. The molecule has 0 radical (unpaired) electrons. The third-order valence-corrected chi connectivity index (χ3v) is 3.94. The Morgan fingerprint density at radius 2 is 2.19 bits per heavy atom. The lowest BCUT2D eigenvalue weighted by Crippen LogP contribution is -2.43. The van der Waals surface area contributed by atoms with Gasteiger partial charge in [-0.05, 0) is 26.3 Å². The molecule has 0 saturated carbocycles. The molecular weight excluding hydrogens is 268 g/mol. The van der Waals surface area contributed by atoms with E-state index in [1.54, 1.807) is 0 Å². The predicted octanol–water partition coefficient (Wildman–Crippen LogP) is 1.70. The molecule has 6 heteroatoms. The van der Waals surface area contributed by atoms with Crippen LogP contribution in [0.1, 0.15) is 22.6 Å². The van der Waals surface area contributed by atoms with Gasteiger partial charge < -0.3 is 9.26 Å². The molecule has 1 fully saturated rings. The number of aromatic nitrogens is 3. The van der Waals surface area contributed by atoms with Crippen LogP contribution in [0.4, 0.5) is 0 Å². The summed E-state index contributed by atoms with van der Waals surface area (Å²) in [6.45, 7) is 10.3. The van der Waals surface area contributed by atoms with E-state index in [4.69, 9.17) is 9.26 Å². The summed E-state index contributed by atoms with van der Waals surface area (Å²) < 4.78 is 13.1. The third kappa shape index (κ3) is 3.33. The molecule has 1 atom stereocenters. The topological polar surface area (TPSA) is 56.3 Å². The number of aryl methyl sites for hydroxylation is 3. The van der Waals surface area contributed by atoms with Crippen molar-refractivity contribution in [2.45, 2.75) is 40.0 Å². The molecule has 1 aliphatic rings. The molecule has 0 amide bonds. The lowest BCUT2D eigenvalue weighted by Gasteiger charge is -2.32. The highest BCUT2D eigenvalue weighted by Gasteiger charge is 2.23.